The van der Waals surface area contributed by atoms with Crippen LogP contribution < -0.4 is 0 Å². The van der Waals surface area contributed by atoms with Gasteiger partial charge in [-0.3, -0.25) is 0 Å². The van der Waals surface area contributed by atoms with Crippen molar-refractivity contribution in [3.8, 4) is 0 Å². The van der Waals surface area contributed by atoms with Crippen molar-refractivity contribution in [3.63, 3.8) is 0 Å². The van der Waals surface area contributed by atoms with Crippen molar-refractivity contribution in [1.29, 1.82) is 0 Å². The Morgan fingerprint density at radius 1 is 1.07 bits per heavy atom. The molecule has 1 aliphatic heterocycles. The molecule has 0 aromatic rings. The van der Waals surface area contributed by atoms with Gasteiger partial charge in [0.2, 0.25) is 5.69 Å². The van der Waals surface area contributed by atoms with E-state index < -0.39 is 5.69 Å². The van der Waals surface area contributed by atoms with E-state index >= 15 is 0 Å². The average Bonchev–Trinajstić information content (AvgIpc) is 3.40. The first-order valence-corrected chi connectivity index (χ1v) is 21.9. The molecule has 0 N–H and O–H groups in total. The molecule has 0 radical (unpaired) electrons. The van der Waals surface area contributed by atoms with E-state index in [1.165, 1.54) is 69.8 Å². The van der Waals surface area contributed by atoms with Gasteiger partial charge in [0.15, 0.2) is 0 Å². The standard InChI is InChI=1S/C37H61O2PS2/c1-24(2)10-9-11-26(5)31-14-15-32-30-13-12-28-23-29(17-19-35(28,6)33(30)18-20-36(31,32)7)38-40(41)39-37(8)21-16-27(25(3)4)22-34(37)42-40/h12,24,26-27,29-34H,3,9-11,13-23H2,1-2,4-8H3/t26-,27+,29+,30+,31-,32+,33+,34-,35+,36-,37-,40+/m1/s1. The van der Waals surface area contributed by atoms with E-state index in [2.05, 4.69) is 61.1 Å². The van der Waals surface area contributed by atoms with E-state index in [-0.39, 0.29) is 11.7 Å². The Kier molecular flexibility index (Phi) is 9.15. The van der Waals surface area contributed by atoms with Crippen LogP contribution in [0.2, 0.25) is 0 Å². The van der Waals surface area contributed by atoms with Gasteiger partial charge in [0.05, 0.1) is 11.7 Å². The third-order valence-corrected chi connectivity index (χ3v) is 19.7. The van der Waals surface area contributed by atoms with Crippen molar-refractivity contribution < 1.29 is 9.05 Å². The maximum absolute atomic E-state index is 6.90. The zero-order valence-electron chi connectivity index (χ0n) is 28.0. The van der Waals surface area contributed by atoms with Gasteiger partial charge in [0.1, 0.15) is 0 Å². The summed E-state index contributed by atoms with van der Waals surface area (Å²) in [6.45, 7) is 21.5. The molecule has 5 aliphatic carbocycles. The molecule has 238 valence electrons. The SMILES string of the molecule is C=C(C)[C@H]1CC[C@@]2(C)O[P@](=S)(O[C@H]3CC[C@@]4(C)C(=CC[C@H]5[C@@H]6CC[C@H]([C@H](C)CCCC(C)C)[C@@]6(C)CC[C@@H]54)C3)S[C@@H]2C1. The van der Waals surface area contributed by atoms with Crippen molar-refractivity contribution >= 4 is 28.9 Å². The number of allylic oxidation sites excluding steroid dienone is 2. The van der Waals surface area contributed by atoms with Gasteiger partial charge >= 0.3 is 0 Å². The Balaban J connectivity index is 1.10. The lowest BCUT2D eigenvalue weighted by Gasteiger charge is -2.58. The highest BCUT2D eigenvalue weighted by Crippen LogP contribution is 2.76. The number of rotatable bonds is 8. The molecule has 0 aromatic carbocycles. The molecular formula is C37H61O2PS2. The second-order valence-corrected chi connectivity index (χ2v) is 23.3. The van der Waals surface area contributed by atoms with Gasteiger partial charge < -0.3 is 9.05 Å². The first-order chi connectivity index (χ1) is 19.8. The summed E-state index contributed by atoms with van der Waals surface area (Å²) < 4.78 is 13.7. The molecule has 2 nitrogen and oxygen atoms in total. The van der Waals surface area contributed by atoms with Gasteiger partial charge in [-0.2, -0.15) is 0 Å². The van der Waals surface area contributed by atoms with Crippen LogP contribution in [0, 0.1) is 52.3 Å². The van der Waals surface area contributed by atoms with Crippen LogP contribution in [0.25, 0.3) is 0 Å². The zero-order chi connectivity index (χ0) is 30.1. The summed E-state index contributed by atoms with van der Waals surface area (Å²) in [4.78, 5) is 0. The molecule has 6 aliphatic rings. The molecule has 4 saturated carbocycles. The van der Waals surface area contributed by atoms with Crippen LogP contribution >= 0.6 is 17.1 Å². The predicted octanol–water partition coefficient (Wildman–Crippen LogP) is 11.9. The van der Waals surface area contributed by atoms with Crippen LogP contribution in [-0.2, 0) is 20.9 Å². The first kappa shape index (κ1) is 32.3. The van der Waals surface area contributed by atoms with Crippen LogP contribution in [0.4, 0.5) is 0 Å². The smallest absolute Gasteiger partial charge is 0.248 e. The van der Waals surface area contributed by atoms with E-state index in [1.54, 1.807) is 5.57 Å². The molecule has 0 bridgehead atoms. The van der Waals surface area contributed by atoms with Crippen LogP contribution in [0.15, 0.2) is 23.8 Å². The Labute approximate surface area is 268 Å². The topological polar surface area (TPSA) is 18.5 Å². The van der Waals surface area contributed by atoms with Crippen molar-refractivity contribution in [1.82, 2.24) is 0 Å². The minimum atomic E-state index is -2.33. The molecule has 12 atom stereocenters. The third kappa shape index (κ3) is 5.75. The highest BCUT2D eigenvalue weighted by Gasteiger charge is 2.60. The summed E-state index contributed by atoms with van der Waals surface area (Å²) in [6.07, 6.45) is 21.2. The lowest BCUT2D eigenvalue weighted by Crippen LogP contribution is -2.50. The molecule has 42 heavy (non-hydrogen) atoms. The van der Waals surface area contributed by atoms with Gasteiger partial charge in [0.25, 0.3) is 0 Å². The molecular weight excluding hydrogens is 572 g/mol. The summed E-state index contributed by atoms with van der Waals surface area (Å²) in [6, 6.07) is 0. The minimum Gasteiger partial charge on any atom is -0.318 e. The summed E-state index contributed by atoms with van der Waals surface area (Å²) >= 11 is 8.12. The maximum Gasteiger partial charge on any atom is 0.248 e. The zero-order valence-corrected chi connectivity index (χ0v) is 30.5. The van der Waals surface area contributed by atoms with Gasteiger partial charge in [-0.1, -0.05) is 89.1 Å². The third-order valence-electron chi connectivity index (χ3n) is 14.0. The quantitative estimate of drug-likeness (QED) is 0.196. The normalized spacial score (nSPS) is 49.0. The molecule has 5 heteroatoms. The van der Waals surface area contributed by atoms with Gasteiger partial charge in [-0.25, -0.2) is 0 Å². The van der Waals surface area contributed by atoms with E-state index in [0.29, 0.717) is 22.0 Å². The number of hydrogen-bond donors (Lipinski definition) is 0. The summed E-state index contributed by atoms with van der Waals surface area (Å²) in [5, 5.41) is 0.451. The van der Waals surface area contributed by atoms with E-state index in [0.717, 1.165) is 61.2 Å². The van der Waals surface area contributed by atoms with Gasteiger partial charge in [0, 0.05) is 5.25 Å². The molecule has 1 heterocycles. The monoisotopic (exact) mass is 632 g/mol. The second-order valence-electron chi connectivity index (χ2n) is 17.0. The Bertz CT molecular complexity index is 1120. The molecule has 0 unspecified atom stereocenters. The highest BCUT2D eigenvalue weighted by molar-refractivity contribution is 8.68. The van der Waals surface area contributed by atoms with Crippen LogP contribution in [-0.4, -0.2) is 17.0 Å². The molecule has 0 spiro atoms. The average molecular weight is 633 g/mol. The fourth-order valence-electron chi connectivity index (χ4n) is 11.4. The fourth-order valence-corrected chi connectivity index (χ4v) is 18.7. The largest absolute Gasteiger partial charge is 0.318 e. The number of hydrogen-bond acceptors (Lipinski definition) is 4. The summed E-state index contributed by atoms with van der Waals surface area (Å²) in [5.41, 5.74) is 1.50. The summed E-state index contributed by atoms with van der Waals surface area (Å²) in [5.74, 6) is 5.94. The Hall–Kier alpha value is 0.400. The van der Waals surface area contributed by atoms with Crippen molar-refractivity contribution in [2.24, 2.45) is 52.3 Å². The molecule has 6 rings (SSSR count). The maximum atomic E-state index is 6.90. The Morgan fingerprint density at radius 2 is 1.86 bits per heavy atom. The fraction of sp³-hybridized carbons (Fsp3) is 0.892. The van der Waals surface area contributed by atoms with E-state index in [1.807, 2.05) is 11.4 Å². The molecule has 1 saturated heterocycles. The molecule has 0 aromatic heterocycles. The first-order valence-electron chi connectivity index (χ1n) is 17.8. The van der Waals surface area contributed by atoms with Crippen LogP contribution in [0.1, 0.15) is 138 Å². The van der Waals surface area contributed by atoms with E-state index in [9.17, 15) is 0 Å². The van der Waals surface area contributed by atoms with Gasteiger partial charge in [-0.05, 0) is 149 Å². The minimum absolute atomic E-state index is 0.119. The lowest BCUT2D eigenvalue weighted by atomic mass is 9.47. The van der Waals surface area contributed by atoms with Gasteiger partial charge in [-0.15, -0.1) is 0 Å². The predicted molar refractivity (Wildman–Crippen MR) is 185 cm³/mol. The van der Waals surface area contributed by atoms with Crippen LogP contribution in [0.5, 0.6) is 0 Å². The highest BCUT2D eigenvalue weighted by atomic mass is 32.9. The van der Waals surface area contributed by atoms with E-state index in [4.69, 9.17) is 20.9 Å². The lowest BCUT2D eigenvalue weighted by molar-refractivity contribution is -0.0563. The number of fused-ring (bicyclic) bond motifs is 6. The van der Waals surface area contributed by atoms with Crippen molar-refractivity contribution in [3.05, 3.63) is 23.8 Å². The summed E-state index contributed by atoms with van der Waals surface area (Å²) in [7, 11) is 0. The Morgan fingerprint density at radius 3 is 2.60 bits per heavy atom. The van der Waals surface area contributed by atoms with Crippen LogP contribution in [0.3, 0.4) is 0 Å². The second kappa shape index (κ2) is 11.9. The molecule has 0 amide bonds. The van der Waals surface area contributed by atoms with Crippen molar-refractivity contribution in [2.45, 2.75) is 155 Å². The molecule has 5 fully saturated rings. The van der Waals surface area contributed by atoms with Crippen molar-refractivity contribution in [2.75, 3.05) is 0 Å².